The van der Waals surface area contributed by atoms with Crippen LogP contribution in [0.3, 0.4) is 0 Å². The molecule has 152 valence electrons. The second-order valence-electron chi connectivity index (χ2n) is 7.55. The van der Waals surface area contributed by atoms with Crippen molar-refractivity contribution in [2.75, 3.05) is 24.3 Å². The van der Waals surface area contributed by atoms with Crippen LogP contribution in [0.1, 0.15) is 36.2 Å². The number of fused-ring (bicyclic) bond motifs is 1. The maximum absolute atomic E-state index is 12.3. The van der Waals surface area contributed by atoms with E-state index < -0.39 is 0 Å². The summed E-state index contributed by atoms with van der Waals surface area (Å²) in [6, 6.07) is 11.9. The van der Waals surface area contributed by atoms with Gasteiger partial charge in [-0.25, -0.2) is 4.98 Å². The summed E-state index contributed by atoms with van der Waals surface area (Å²) in [5, 5.41) is 7.59. The zero-order valence-corrected chi connectivity index (χ0v) is 18.1. The zero-order valence-electron chi connectivity index (χ0n) is 16.5. The van der Waals surface area contributed by atoms with E-state index in [0.717, 1.165) is 42.4 Å². The van der Waals surface area contributed by atoms with Crippen molar-refractivity contribution in [3.63, 3.8) is 0 Å². The quantitative estimate of drug-likeness (QED) is 0.596. The Kier molecular flexibility index (Phi) is 5.71. The number of nitrogens with one attached hydrogen (secondary N) is 2. The molecule has 1 amide bonds. The first kappa shape index (κ1) is 19.7. The minimum absolute atomic E-state index is 0.152. The van der Waals surface area contributed by atoms with Gasteiger partial charge in [0.1, 0.15) is 5.82 Å². The second kappa shape index (κ2) is 8.41. The average molecular weight is 458 g/mol. The molecule has 0 aliphatic heterocycles. The molecule has 0 unspecified atom stereocenters. The van der Waals surface area contributed by atoms with Crippen LogP contribution in [0.4, 0.5) is 11.8 Å². The van der Waals surface area contributed by atoms with Gasteiger partial charge in [-0.05, 0) is 65.9 Å². The first-order valence-corrected chi connectivity index (χ1v) is 10.6. The van der Waals surface area contributed by atoms with Crippen LogP contribution in [0.15, 0.2) is 45.5 Å². The Labute approximate surface area is 178 Å². The van der Waals surface area contributed by atoms with Crippen molar-refractivity contribution in [2.45, 2.75) is 37.8 Å². The Morgan fingerprint density at radius 2 is 1.79 bits per heavy atom. The van der Waals surface area contributed by atoms with E-state index in [1.165, 1.54) is 0 Å². The van der Waals surface area contributed by atoms with Gasteiger partial charge in [0.15, 0.2) is 10.4 Å². The number of aromatic nitrogens is 2. The minimum Gasteiger partial charge on any atom is -0.444 e. The lowest BCUT2D eigenvalue weighted by atomic mass is 9.91. The molecule has 0 spiro atoms. The van der Waals surface area contributed by atoms with Crippen molar-refractivity contribution >= 4 is 44.5 Å². The van der Waals surface area contributed by atoms with Crippen molar-refractivity contribution < 1.29 is 9.21 Å². The van der Waals surface area contributed by atoms with E-state index in [-0.39, 0.29) is 18.0 Å². The molecule has 1 saturated carbocycles. The number of carbonyl (C=O) groups is 1. The molecule has 8 heteroatoms. The summed E-state index contributed by atoms with van der Waals surface area (Å²) in [5.74, 6) is 1.72. The smallest absolute Gasteiger partial charge is 0.287 e. The lowest BCUT2D eigenvalue weighted by Gasteiger charge is -2.29. The van der Waals surface area contributed by atoms with Crippen LogP contribution in [0.25, 0.3) is 10.9 Å². The third-order valence-electron chi connectivity index (χ3n) is 5.20. The Morgan fingerprint density at radius 1 is 1.07 bits per heavy atom. The number of rotatable bonds is 5. The Bertz CT molecular complexity index is 1010. The SMILES string of the molecule is CN(C)c1nc(NC2CCC(NC(=O)c3ccc(Br)o3)CC2)nc2ccccc12. The van der Waals surface area contributed by atoms with Gasteiger partial charge >= 0.3 is 0 Å². The molecule has 2 heterocycles. The number of hydrogen-bond acceptors (Lipinski definition) is 6. The van der Waals surface area contributed by atoms with E-state index in [4.69, 9.17) is 9.40 Å². The van der Waals surface area contributed by atoms with Gasteiger partial charge in [0, 0.05) is 31.6 Å². The fourth-order valence-corrected chi connectivity index (χ4v) is 4.03. The summed E-state index contributed by atoms with van der Waals surface area (Å²) in [5.41, 5.74) is 0.930. The molecule has 2 N–H and O–H groups in total. The highest BCUT2D eigenvalue weighted by molar-refractivity contribution is 9.10. The minimum atomic E-state index is -0.166. The van der Waals surface area contributed by atoms with Crippen LogP contribution in [0, 0.1) is 0 Å². The van der Waals surface area contributed by atoms with Crippen molar-refractivity contribution in [2.24, 2.45) is 0 Å². The number of nitrogens with zero attached hydrogens (tertiary/aromatic N) is 3. The Morgan fingerprint density at radius 3 is 2.48 bits per heavy atom. The van der Waals surface area contributed by atoms with E-state index in [0.29, 0.717) is 16.4 Å². The number of para-hydroxylation sites is 1. The standard InChI is InChI=1S/C21H24BrN5O2/c1-27(2)19-15-5-3-4-6-16(15)25-21(26-19)24-14-9-7-13(8-10-14)23-20(28)17-11-12-18(22)29-17/h3-6,11-14H,7-10H2,1-2H3,(H,23,28)(H,24,25,26). The first-order chi connectivity index (χ1) is 14.0. The van der Waals surface area contributed by atoms with Gasteiger partial charge in [-0.1, -0.05) is 12.1 Å². The fourth-order valence-electron chi connectivity index (χ4n) is 3.72. The van der Waals surface area contributed by atoms with Gasteiger partial charge in [0.05, 0.1) is 5.52 Å². The summed E-state index contributed by atoms with van der Waals surface area (Å²) >= 11 is 3.22. The second-order valence-corrected chi connectivity index (χ2v) is 8.33. The highest BCUT2D eigenvalue weighted by atomic mass is 79.9. The van der Waals surface area contributed by atoms with Gasteiger partial charge in [-0.15, -0.1) is 0 Å². The van der Waals surface area contributed by atoms with E-state index in [9.17, 15) is 4.79 Å². The van der Waals surface area contributed by atoms with Crippen LogP contribution in [-0.2, 0) is 0 Å². The summed E-state index contributed by atoms with van der Waals surface area (Å²) in [7, 11) is 3.98. The number of hydrogen-bond donors (Lipinski definition) is 2. The lowest BCUT2D eigenvalue weighted by Crippen LogP contribution is -2.40. The molecule has 29 heavy (non-hydrogen) atoms. The van der Waals surface area contributed by atoms with Gasteiger partial charge in [-0.2, -0.15) is 4.98 Å². The predicted octanol–water partition coefficient (Wildman–Crippen LogP) is 4.20. The van der Waals surface area contributed by atoms with E-state index >= 15 is 0 Å². The molecule has 1 aromatic carbocycles. The summed E-state index contributed by atoms with van der Waals surface area (Å²) < 4.78 is 5.88. The van der Waals surface area contributed by atoms with E-state index in [2.05, 4.69) is 31.5 Å². The molecule has 1 aliphatic rings. The zero-order chi connectivity index (χ0) is 20.4. The van der Waals surface area contributed by atoms with Crippen molar-refractivity contribution in [1.29, 1.82) is 0 Å². The van der Waals surface area contributed by atoms with Crippen LogP contribution < -0.4 is 15.5 Å². The van der Waals surface area contributed by atoms with Crippen molar-refractivity contribution in [1.82, 2.24) is 15.3 Å². The predicted molar refractivity (Wildman–Crippen MR) is 117 cm³/mol. The van der Waals surface area contributed by atoms with Gasteiger partial charge in [-0.3, -0.25) is 4.79 Å². The molecule has 4 rings (SSSR count). The summed E-state index contributed by atoms with van der Waals surface area (Å²) in [6.45, 7) is 0. The third kappa shape index (κ3) is 4.53. The molecule has 1 aliphatic carbocycles. The highest BCUT2D eigenvalue weighted by Gasteiger charge is 2.24. The molecule has 7 nitrogen and oxygen atoms in total. The first-order valence-electron chi connectivity index (χ1n) is 9.76. The fraction of sp³-hybridized carbons (Fsp3) is 0.381. The maximum atomic E-state index is 12.3. The monoisotopic (exact) mass is 457 g/mol. The third-order valence-corrected chi connectivity index (χ3v) is 5.63. The Balaban J connectivity index is 1.38. The van der Waals surface area contributed by atoms with Crippen molar-refractivity contribution in [3.8, 4) is 0 Å². The largest absolute Gasteiger partial charge is 0.444 e. The van der Waals surface area contributed by atoms with Gasteiger partial charge < -0.3 is 20.0 Å². The molecule has 0 saturated heterocycles. The highest BCUT2D eigenvalue weighted by Crippen LogP contribution is 2.26. The molecule has 3 aromatic rings. The average Bonchev–Trinajstić information content (AvgIpc) is 3.15. The molecule has 1 fully saturated rings. The van der Waals surface area contributed by atoms with Crippen LogP contribution in [0.2, 0.25) is 0 Å². The molecular weight excluding hydrogens is 434 g/mol. The van der Waals surface area contributed by atoms with E-state index in [1.807, 2.05) is 43.3 Å². The number of anilines is 2. The molecular formula is C21H24BrN5O2. The molecule has 0 radical (unpaired) electrons. The van der Waals surface area contributed by atoms with Gasteiger partial charge in [0.25, 0.3) is 5.91 Å². The Hall–Kier alpha value is -2.61. The van der Waals surface area contributed by atoms with Gasteiger partial charge in [0.2, 0.25) is 5.95 Å². The van der Waals surface area contributed by atoms with Crippen LogP contribution in [-0.4, -0.2) is 42.1 Å². The molecule has 2 aromatic heterocycles. The normalized spacial score (nSPS) is 19.1. The number of benzene rings is 1. The van der Waals surface area contributed by atoms with E-state index in [1.54, 1.807) is 12.1 Å². The number of amides is 1. The summed E-state index contributed by atoms with van der Waals surface area (Å²) in [4.78, 5) is 23.7. The maximum Gasteiger partial charge on any atom is 0.287 e. The lowest BCUT2D eigenvalue weighted by molar-refractivity contribution is 0.0897. The summed E-state index contributed by atoms with van der Waals surface area (Å²) in [6.07, 6.45) is 3.69. The van der Waals surface area contributed by atoms with Crippen LogP contribution in [0.5, 0.6) is 0 Å². The number of carbonyl (C=O) groups excluding carboxylic acids is 1. The number of furan rings is 1. The topological polar surface area (TPSA) is 83.3 Å². The van der Waals surface area contributed by atoms with Crippen LogP contribution >= 0.6 is 15.9 Å². The molecule has 0 atom stereocenters. The molecule has 0 bridgehead atoms. The van der Waals surface area contributed by atoms with Crippen molar-refractivity contribution in [3.05, 3.63) is 46.8 Å². The number of halogens is 1.